The fourth-order valence-corrected chi connectivity index (χ4v) is 1.22. The molecule has 0 saturated heterocycles. The number of aromatic nitrogens is 2. The number of hydrogen-bond donors (Lipinski definition) is 0. The van der Waals surface area contributed by atoms with Crippen LogP contribution in [0, 0.1) is 11.3 Å². The molecule has 1 aromatic carbocycles. The molecule has 74 valence electrons. The summed E-state index contributed by atoms with van der Waals surface area (Å²) in [5, 5.41) is 12.3. The minimum Gasteiger partial charge on any atom is -0.339 e. The summed E-state index contributed by atoms with van der Waals surface area (Å²) < 4.78 is 5.01. The predicted molar refractivity (Wildman–Crippen MR) is 53.7 cm³/mol. The van der Waals surface area contributed by atoms with Gasteiger partial charge in [-0.25, -0.2) is 0 Å². The van der Waals surface area contributed by atoms with E-state index in [0.717, 1.165) is 5.56 Å². The van der Waals surface area contributed by atoms with E-state index in [9.17, 15) is 0 Å². The van der Waals surface area contributed by atoms with Crippen molar-refractivity contribution in [2.75, 3.05) is 0 Å². The molecule has 0 fully saturated rings. The third-order valence-electron chi connectivity index (χ3n) is 1.95. The second-order valence-electron chi connectivity index (χ2n) is 3.04. The Kier molecular flexibility index (Phi) is 2.75. The van der Waals surface area contributed by atoms with Gasteiger partial charge in [0.05, 0.1) is 6.07 Å². The van der Waals surface area contributed by atoms with Gasteiger partial charge in [-0.15, -0.1) is 0 Å². The highest BCUT2D eigenvalue weighted by atomic mass is 16.5. The number of rotatable bonds is 3. The van der Waals surface area contributed by atoms with Crippen LogP contribution in [0.25, 0.3) is 11.4 Å². The molecule has 15 heavy (non-hydrogen) atoms. The van der Waals surface area contributed by atoms with Crippen molar-refractivity contribution >= 4 is 0 Å². The van der Waals surface area contributed by atoms with Crippen molar-refractivity contribution in [3.63, 3.8) is 0 Å². The van der Waals surface area contributed by atoms with E-state index >= 15 is 0 Å². The van der Waals surface area contributed by atoms with Crippen LogP contribution in [0.4, 0.5) is 0 Å². The molecule has 4 nitrogen and oxygen atoms in total. The van der Waals surface area contributed by atoms with Crippen LogP contribution in [0.15, 0.2) is 34.9 Å². The van der Waals surface area contributed by atoms with Crippen molar-refractivity contribution in [2.24, 2.45) is 0 Å². The lowest BCUT2D eigenvalue weighted by Gasteiger charge is -1.90. The van der Waals surface area contributed by atoms with Crippen LogP contribution in [0.5, 0.6) is 0 Å². The summed E-state index contributed by atoms with van der Waals surface area (Å²) in [5.74, 6) is 1.08. The van der Waals surface area contributed by atoms with Crippen molar-refractivity contribution in [1.82, 2.24) is 10.1 Å². The fourth-order valence-electron chi connectivity index (χ4n) is 1.22. The summed E-state index contributed by atoms with van der Waals surface area (Å²) in [6.45, 7) is 0. The van der Waals surface area contributed by atoms with E-state index in [4.69, 9.17) is 9.78 Å². The first kappa shape index (κ1) is 9.41. The minimum atomic E-state index is 0.399. The van der Waals surface area contributed by atoms with Crippen molar-refractivity contribution in [1.29, 1.82) is 5.26 Å². The van der Waals surface area contributed by atoms with Crippen LogP contribution in [-0.4, -0.2) is 10.1 Å². The lowest BCUT2D eigenvalue weighted by Crippen LogP contribution is -1.84. The molecule has 2 rings (SSSR count). The van der Waals surface area contributed by atoms with E-state index in [1.54, 1.807) is 0 Å². The van der Waals surface area contributed by atoms with E-state index in [0.29, 0.717) is 24.6 Å². The lowest BCUT2D eigenvalue weighted by atomic mass is 10.2. The largest absolute Gasteiger partial charge is 0.339 e. The normalized spacial score (nSPS) is 9.80. The summed E-state index contributed by atoms with van der Waals surface area (Å²) in [7, 11) is 0. The number of nitrogens with zero attached hydrogens (tertiary/aromatic N) is 3. The van der Waals surface area contributed by atoms with Gasteiger partial charge in [0, 0.05) is 18.4 Å². The standard InChI is InChI=1S/C11H9N3O/c12-8-4-7-10-13-11(14-15-10)9-5-2-1-3-6-9/h1-3,5-6H,4,7H2. The molecule has 1 heterocycles. The van der Waals surface area contributed by atoms with E-state index in [1.807, 2.05) is 36.4 Å². The average molecular weight is 199 g/mol. The molecule has 0 aliphatic rings. The molecule has 0 atom stereocenters. The van der Waals surface area contributed by atoms with Gasteiger partial charge < -0.3 is 4.52 Å². The molecule has 0 saturated carbocycles. The van der Waals surface area contributed by atoms with Crippen LogP contribution in [-0.2, 0) is 6.42 Å². The maximum atomic E-state index is 8.41. The minimum absolute atomic E-state index is 0.399. The van der Waals surface area contributed by atoms with Gasteiger partial charge >= 0.3 is 0 Å². The Morgan fingerprint density at radius 2 is 2.07 bits per heavy atom. The molecule has 4 heteroatoms. The highest BCUT2D eigenvalue weighted by Gasteiger charge is 2.06. The molecule has 0 spiro atoms. The molecule has 0 bridgehead atoms. The van der Waals surface area contributed by atoms with Crippen molar-refractivity contribution in [2.45, 2.75) is 12.8 Å². The Morgan fingerprint density at radius 3 is 2.80 bits per heavy atom. The zero-order chi connectivity index (χ0) is 10.5. The van der Waals surface area contributed by atoms with E-state index in [2.05, 4.69) is 10.1 Å². The first-order valence-corrected chi connectivity index (χ1v) is 4.65. The summed E-state index contributed by atoms with van der Waals surface area (Å²) in [6, 6.07) is 11.6. The first-order valence-electron chi connectivity index (χ1n) is 4.65. The molecule has 0 unspecified atom stereocenters. The Morgan fingerprint density at radius 1 is 1.27 bits per heavy atom. The smallest absolute Gasteiger partial charge is 0.227 e. The predicted octanol–water partition coefficient (Wildman–Crippen LogP) is 2.19. The van der Waals surface area contributed by atoms with Gasteiger partial charge in [0.15, 0.2) is 0 Å². The number of aryl methyl sites for hydroxylation is 1. The van der Waals surface area contributed by atoms with Gasteiger partial charge in [0.25, 0.3) is 0 Å². The molecule has 0 aliphatic heterocycles. The maximum absolute atomic E-state index is 8.41. The van der Waals surface area contributed by atoms with Crippen LogP contribution < -0.4 is 0 Å². The van der Waals surface area contributed by atoms with Crippen molar-refractivity contribution in [3.8, 4) is 17.5 Å². The van der Waals surface area contributed by atoms with Crippen LogP contribution in [0.3, 0.4) is 0 Å². The summed E-state index contributed by atoms with van der Waals surface area (Å²) >= 11 is 0. The van der Waals surface area contributed by atoms with Gasteiger partial charge in [-0.2, -0.15) is 10.2 Å². The lowest BCUT2D eigenvalue weighted by molar-refractivity contribution is 0.380. The topological polar surface area (TPSA) is 62.7 Å². The van der Waals surface area contributed by atoms with Crippen LogP contribution >= 0.6 is 0 Å². The van der Waals surface area contributed by atoms with Crippen LogP contribution in [0.2, 0.25) is 0 Å². The quantitative estimate of drug-likeness (QED) is 0.760. The first-order chi connectivity index (χ1) is 7.40. The molecular weight excluding hydrogens is 190 g/mol. The second kappa shape index (κ2) is 4.38. The molecule has 0 radical (unpaired) electrons. The Balaban J connectivity index is 2.18. The highest BCUT2D eigenvalue weighted by Crippen LogP contribution is 2.14. The van der Waals surface area contributed by atoms with Crippen LogP contribution in [0.1, 0.15) is 12.3 Å². The zero-order valence-electron chi connectivity index (χ0n) is 8.05. The summed E-state index contributed by atoms with van der Waals surface area (Å²) in [6.07, 6.45) is 0.909. The van der Waals surface area contributed by atoms with Crippen molar-refractivity contribution < 1.29 is 4.52 Å². The fraction of sp³-hybridized carbons (Fsp3) is 0.182. The Bertz CT molecular complexity index is 470. The molecule has 0 amide bonds. The zero-order valence-corrected chi connectivity index (χ0v) is 8.05. The second-order valence-corrected chi connectivity index (χ2v) is 3.04. The van der Waals surface area contributed by atoms with Gasteiger partial charge in [0.2, 0.25) is 11.7 Å². The Labute approximate surface area is 87.2 Å². The van der Waals surface area contributed by atoms with E-state index in [-0.39, 0.29) is 0 Å². The third kappa shape index (κ3) is 2.20. The third-order valence-corrected chi connectivity index (χ3v) is 1.95. The SMILES string of the molecule is N#CCCc1nc(-c2ccccc2)no1. The van der Waals surface area contributed by atoms with Gasteiger partial charge in [-0.1, -0.05) is 35.5 Å². The Hall–Kier alpha value is -2.15. The molecule has 2 aromatic rings. The van der Waals surface area contributed by atoms with Gasteiger partial charge in [0.1, 0.15) is 0 Å². The number of nitriles is 1. The monoisotopic (exact) mass is 199 g/mol. The van der Waals surface area contributed by atoms with Gasteiger partial charge in [-0.05, 0) is 0 Å². The molecular formula is C11H9N3O. The number of benzene rings is 1. The molecule has 0 N–H and O–H groups in total. The summed E-state index contributed by atoms with van der Waals surface area (Å²) in [5.41, 5.74) is 0.921. The van der Waals surface area contributed by atoms with E-state index in [1.165, 1.54) is 0 Å². The van der Waals surface area contributed by atoms with E-state index < -0.39 is 0 Å². The summed E-state index contributed by atoms with van der Waals surface area (Å²) in [4.78, 5) is 4.19. The van der Waals surface area contributed by atoms with Gasteiger partial charge in [-0.3, -0.25) is 0 Å². The molecule has 1 aromatic heterocycles. The maximum Gasteiger partial charge on any atom is 0.227 e. The number of hydrogen-bond acceptors (Lipinski definition) is 4. The average Bonchev–Trinajstić information content (AvgIpc) is 2.76. The van der Waals surface area contributed by atoms with Crippen molar-refractivity contribution in [3.05, 3.63) is 36.2 Å². The highest BCUT2D eigenvalue weighted by molar-refractivity contribution is 5.53. The molecule has 0 aliphatic carbocycles.